The molecule has 0 aliphatic heterocycles. The Morgan fingerprint density at radius 1 is 1.16 bits per heavy atom. The average molecular weight is 270 g/mol. The Morgan fingerprint density at radius 2 is 1.74 bits per heavy atom. The molecule has 0 bridgehead atoms. The molecule has 2 N–H and O–H groups in total. The quantitative estimate of drug-likeness (QED) is 0.712. The van der Waals surface area contributed by atoms with Crippen LogP contribution in [0.25, 0.3) is 0 Å². The Balaban J connectivity index is 2.48. The Kier molecular flexibility index (Phi) is 6.28. The summed E-state index contributed by atoms with van der Waals surface area (Å²) in [6.45, 7) is 5.63. The first-order valence-electron chi connectivity index (χ1n) is 7.10. The number of methoxy groups -OCH3 is 1. The third-order valence-electron chi connectivity index (χ3n) is 3.65. The summed E-state index contributed by atoms with van der Waals surface area (Å²) in [4.78, 5) is 23.7. The highest BCUT2D eigenvalue weighted by Gasteiger charge is 2.28. The summed E-state index contributed by atoms with van der Waals surface area (Å²) in [5, 5.41) is 6.08. The van der Waals surface area contributed by atoms with Crippen LogP contribution in [0.2, 0.25) is 0 Å². The van der Waals surface area contributed by atoms with Crippen LogP contribution in [-0.4, -0.2) is 37.1 Å². The smallest absolute Gasteiger partial charge is 0.323 e. The van der Waals surface area contributed by atoms with Crippen molar-refractivity contribution in [3.63, 3.8) is 0 Å². The predicted octanol–water partition coefficient (Wildman–Crippen LogP) is 1.22. The maximum atomic E-state index is 12.0. The normalized spacial score (nSPS) is 19.2. The summed E-state index contributed by atoms with van der Waals surface area (Å²) in [5.41, 5.74) is 0. The van der Waals surface area contributed by atoms with Crippen molar-refractivity contribution < 1.29 is 14.3 Å². The number of carbonyl (C=O) groups excluding carboxylic acids is 2. The Morgan fingerprint density at radius 3 is 2.21 bits per heavy atom. The molecule has 1 aliphatic carbocycles. The van der Waals surface area contributed by atoms with Crippen LogP contribution in [0, 0.1) is 5.92 Å². The number of nitrogens with one attached hydrogen (secondary N) is 2. The largest absolute Gasteiger partial charge is 0.468 e. The van der Waals surface area contributed by atoms with Crippen LogP contribution in [0.4, 0.5) is 0 Å². The molecule has 0 aromatic rings. The van der Waals surface area contributed by atoms with E-state index in [2.05, 4.69) is 10.6 Å². The van der Waals surface area contributed by atoms with Crippen molar-refractivity contribution >= 4 is 11.9 Å². The molecule has 0 aromatic heterocycles. The lowest BCUT2D eigenvalue weighted by atomic mass is 10.0. The van der Waals surface area contributed by atoms with Crippen LogP contribution in [0.3, 0.4) is 0 Å². The summed E-state index contributed by atoms with van der Waals surface area (Å²) < 4.78 is 4.75. The minimum absolute atomic E-state index is 0.0403. The Bertz CT molecular complexity index is 312. The fourth-order valence-electron chi connectivity index (χ4n) is 2.40. The SMILES string of the molecule is COC(=O)C(NC(C)C(=O)NC1CCCC1)C(C)C. The van der Waals surface area contributed by atoms with E-state index < -0.39 is 12.1 Å². The molecule has 0 radical (unpaired) electrons. The molecule has 1 fully saturated rings. The molecule has 5 nitrogen and oxygen atoms in total. The first-order valence-corrected chi connectivity index (χ1v) is 7.10. The Hall–Kier alpha value is -1.10. The highest BCUT2D eigenvalue weighted by molar-refractivity contribution is 5.83. The second-order valence-corrected chi connectivity index (χ2v) is 5.62. The predicted molar refractivity (Wildman–Crippen MR) is 73.6 cm³/mol. The second-order valence-electron chi connectivity index (χ2n) is 5.62. The zero-order valence-electron chi connectivity index (χ0n) is 12.4. The molecule has 1 rings (SSSR count). The van der Waals surface area contributed by atoms with Crippen LogP contribution in [-0.2, 0) is 14.3 Å². The average Bonchev–Trinajstić information content (AvgIpc) is 2.86. The van der Waals surface area contributed by atoms with E-state index in [0.717, 1.165) is 12.8 Å². The molecular formula is C14H26N2O3. The molecule has 0 spiro atoms. The first-order chi connectivity index (χ1) is 8.95. The van der Waals surface area contributed by atoms with Gasteiger partial charge in [0.2, 0.25) is 5.91 Å². The summed E-state index contributed by atoms with van der Waals surface area (Å²) in [6, 6.07) is -0.547. The lowest BCUT2D eigenvalue weighted by Crippen LogP contribution is -2.53. The van der Waals surface area contributed by atoms with Gasteiger partial charge < -0.3 is 10.1 Å². The number of ether oxygens (including phenoxy) is 1. The van der Waals surface area contributed by atoms with Crippen molar-refractivity contribution in [2.45, 2.75) is 64.6 Å². The van der Waals surface area contributed by atoms with E-state index in [1.165, 1.54) is 20.0 Å². The minimum atomic E-state index is -0.450. The van der Waals surface area contributed by atoms with E-state index in [9.17, 15) is 9.59 Å². The van der Waals surface area contributed by atoms with Gasteiger partial charge in [0.15, 0.2) is 0 Å². The van der Waals surface area contributed by atoms with Crippen LogP contribution < -0.4 is 10.6 Å². The van der Waals surface area contributed by atoms with Gasteiger partial charge in [0, 0.05) is 6.04 Å². The lowest BCUT2D eigenvalue weighted by Gasteiger charge is -2.24. The van der Waals surface area contributed by atoms with Gasteiger partial charge >= 0.3 is 5.97 Å². The maximum Gasteiger partial charge on any atom is 0.323 e. The van der Waals surface area contributed by atoms with Crippen LogP contribution >= 0.6 is 0 Å². The molecule has 0 saturated heterocycles. The van der Waals surface area contributed by atoms with Gasteiger partial charge in [-0.1, -0.05) is 26.7 Å². The van der Waals surface area contributed by atoms with Gasteiger partial charge in [0.25, 0.3) is 0 Å². The molecule has 2 atom stereocenters. The molecule has 5 heteroatoms. The second kappa shape index (κ2) is 7.48. The van der Waals surface area contributed by atoms with E-state index in [4.69, 9.17) is 4.74 Å². The summed E-state index contributed by atoms with van der Waals surface area (Å²) in [6.07, 6.45) is 4.49. The number of carbonyl (C=O) groups is 2. The first kappa shape index (κ1) is 16.0. The van der Waals surface area contributed by atoms with Crippen LogP contribution in [0.1, 0.15) is 46.5 Å². The highest BCUT2D eigenvalue weighted by Crippen LogP contribution is 2.17. The molecule has 2 unspecified atom stereocenters. The van der Waals surface area contributed by atoms with Gasteiger partial charge in [-0.15, -0.1) is 0 Å². The molecule has 0 aromatic carbocycles. The molecule has 1 amide bonds. The van der Waals surface area contributed by atoms with Crippen molar-refractivity contribution in [2.75, 3.05) is 7.11 Å². The van der Waals surface area contributed by atoms with E-state index in [0.29, 0.717) is 6.04 Å². The zero-order valence-corrected chi connectivity index (χ0v) is 12.4. The molecule has 19 heavy (non-hydrogen) atoms. The number of amides is 1. The molecule has 1 aliphatic rings. The number of rotatable bonds is 6. The van der Waals surface area contributed by atoms with E-state index >= 15 is 0 Å². The third kappa shape index (κ3) is 4.82. The van der Waals surface area contributed by atoms with Crippen molar-refractivity contribution in [1.29, 1.82) is 0 Å². The zero-order chi connectivity index (χ0) is 14.4. The van der Waals surface area contributed by atoms with Crippen LogP contribution in [0.15, 0.2) is 0 Å². The third-order valence-corrected chi connectivity index (χ3v) is 3.65. The maximum absolute atomic E-state index is 12.0. The monoisotopic (exact) mass is 270 g/mol. The number of esters is 1. The van der Waals surface area contributed by atoms with Crippen molar-refractivity contribution in [2.24, 2.45) is 5.92 Å². The van der Waals surface area contributed by atoms with Gasteiger partial charge in [-0.3, -0.25) is 14.9 Å². The van der Waals surface area contributed by atoms with Crippen molar-refractivity contribution in [1.82, 2.24) is 10.6 Å². The van der Waals surface area contributed by atoms with Gasteiger partial charge in [-0.25, -0.2) is 0 Å². The van der Waals surface area contributed by atoms with Crippen molar-refractivity contribution in [3.8, 4) is 0 Å². The molecule has 1 saturated carbocycles. The van der Waals surface area contributed by atoms with Gasteiger partial charge in [-0.05, 0) is 25.7 Å². The van der Waals surface area contributed by atoms with Gasteiger partial charge in [0.05, 0.1) is 13.2 Å². The van der Waals surface area contributed by atoms with E-state index in [1.807, 2.05) is 13.8 Å². The number of hydrogen-bond donors (Lipinski definition) is 2. The summed E-state index contributed by atoms with van der Waals surface area (Å²) in [7, 11) is 1.36. The van der Waals surface area contributed by atoms with Gasteiger partial charge in [0.1, 0.15) is 6.04 Å². The van der Waals surface area contributed by atoms with E-state index in [1.54, 1.807) is 6.92 Å². The standard InChI is InChI=1S/C14H26N2O3/c1-9(2)12(14(18)19-4)15-10(3)13(17)16-11-7-5-6-8-11/h9-12,15H,5-8H2,1-4H3,(H,16,17). The number of hydrogen-bond acceptors (Lipinski definition) is 4. The minimum Gasteiger partial charge on any atom is -0.468 e. The molecular weight excluding hydrogens is 244 g/mol. The fraction of sp³-hybridized carbons (Fsp3) is 0.857. The van der Waals surface area contributed by atoms with Crippen LogP contribution in [0.5, 0.6) is 0 Å². The fourth-order valence-corrected chi connectivity index (χ4v) is 2.40. The Labute approximate surface area is 115 Å². The summed E-state index contributed by atoms with van der Waals surface area (Å²) in [5.74, 6) is -0.286. The van der Waals surface area contributed by atoms with Gasteiger partial charge in [-0.2, -0.15) is 0 Å². The molecule has 110 valence electrons. The molecule has 0 heterocycles. The van der Waals surface area contributed by atoms with E-state index in [-0.39, 0.29) is 17.8 Å². The highest BCUT2D eigenvalue weighted by atomic mass is 16.5. The van der Waals surface area contributed by atoms with Crippen molar-refractivity contribution in [3.05, 3.63) is 0 Å². The topological polar surface area (TPSA) is 67.4 Å². The lowest BCUT2D eigenvalue weighted by molar-refractivity contribution is -0.144. The summed E-state index contributed by atoms with van der Waals surface area (Å²) >= 11 is 0.